The molecule has 0 atom stereocenters. The van der Waals surface area contributed by atoms with Crippen LogP contribution >= 0.6 is 15.9 Å². The van der Waals surface area contributed by atoms with Gasteiger partial charge in [0.1, 0.15) is 5.75 Å². The van der Waals surface area contributed by atoms with Crippen LogP contribution in [0.5, 0.6) is 5.75 Å². The molecule has 0 radical (unpaired) electrons. The number of phenolic OH excluding ortho intramolecular Hbond substituents is 1. The van der Waals surface area contributed by atoms with E-state index in [-0.39, 0.29) is 17.6 Å². The summed E-state index contributed by atoms with van der Waals surface area (Å²) in [5.41, 5.74) is 1.10. The summed E-state index contributed by atoms with van der Waals surface area (Å²) >= 11 is 3.28. The number of anilines is 1. The second-order valence-electron chi connectivity index (χ2n) is 4.16. The predicted octanol–water partition coefficient (Wildman–Crippen LogP) is 2.96. The first-order valence-corrected chi connectivity index (χ1v) is 6.34. The van der Waals surface area contributed by atoms with E-state index >= 15 is 0 Å². The first-order valence-electron chi connectivity index (χ1n) is 5.55. The molecule has 5 heteroatoms. The number of carbonyl (C=O) groups is 2. The monoisotopic (exact) mass is 317 g/mol. The molecule has 1 N–H and O–H groups in total. The summed E-state index contributed by atoms with van der Waals surface area (Å²) in [5.74, 6) is -0.750. The number of amides is 2. The van der Waals surface area contributed by atoms with Gasteiger partial charge in [0, 0.05) is 10.5 Å². The number of nitrogens with zero attached hydrogens (tertiary/aromatic N) is 1. The highest BCUT2D eigenvalue weighted by molar-refractivity contribution is 9.10. The Balaban J connectivity index is 2.13. The van der Waals surface area contributed by atoms with Gasteiger partial charge in [0.15, 0.2) is 0 Å². The van der Waals surface area contributed by atoms with E-state index in [0.717, 1.165) is 9.37 Å². The minimum Gasteiger partial charge on any atom is -0.508 e. The first kappa shape index (κ1) is 11.9. The summed E-state index contributed by atoms with van der Waals surface area (Å²) in [4.78, 5) is 25.6. The zero-order chi connectivity index (χ0) is 13.6. The third-order valence-corrected chi connectivity index (χ3v) is 3.43. The first-order chi connectivity index (χ1) is 9.08. The maximum Gasteiger partial charge on any atom is 0.266 e. The van der Waals surface area contributed by atoms with Crippen LogP contribution in [-0.4, -0.2) is 16.9 Å². The largest absolute Gasteiger partial charge is 0.508 e. The third-order valence-electron chi connectivity index (χ3n) is 2.94. The smallest absolute Gasteiger partial charge is 0.266 e. The number of aromatic hydroxyl groups is 1. The summed E-state index contributed by atoms with van der Waals surface area (Å²) in [6, 6.07) is 11.0. The SMILES string of the molecule is O=C1c2ccc(Br)cc2C(=O)N1c1cccc(O)c1. The number of hydrogen-bond acceptors (Lipinski definition) is 3. The highest BCUT2D eigenvalue weighted by Gasteiger charge is 2.36. The van der Waals surface area contributed by atoms with Crippen LogP contribution < -0.4 is 4.90 Å². The van der Waals surface area contributed by atoms with Gasteiger partial charge in [-0.05, 0) is 30.3 Å². The van der Waals surface area contributed by atoms with Gasteiger partial charge >= 0.3 is 0 Å². The van der Waals surface area contributed by atoms with Gasteiger partial charge in [-0.15, -0.1) is 0 Å². The summed E-state index contributed by atoms with van der Waals surface area (Å²) in [5, 5.41) is 9.45. The van der Waals surface area contributed by atoms with Gasteiger partial charge < -0.3 is 5.11 Å². The fourth-order valence-electron chi connectivity index (χ4n) is 2.08. The number of rotatable bonds is 1. The van der Waals surface area contributed by atoms with E-state index in [1.54, 1.807) is 30.3 Å². The van der Waals surface area contributed by atoms with Crippen molar-refractivity contribution in [2.45, 2.75) is 0 Å². The van der Waals surface area contributed by atoms with Crippen LogP contribution in [0.3, 0.4) is 0 Å². The van der Waals surface area contributed by atoms with E-state index < -0.39 is 0 Å². The minimum atomic E-state index is -0.383. The van der Waals surface area contributed by atoms with Crippen LogP contribution in [0.15, 0.2) is 46.9 Å². The van der Waals surface area contributed by atoms with Crippen molar-refractivity contribution in [1.82, 2.24) is 0 Å². The van der Waals surface area contributed by atoms with Gasteiger partial charge in [-0.3, -0.25) is 9.59 Å². The zero-order valence-electron chi connectivity index (χ0n) is 9.63. The molecule has 0 saturated heterocycles. The van der Waals surface area contributed by atoms with Crippen LogP contribution in [0.25, 0.3) is 0 Å². The maximum absolute atomic E-state index is 12.3. The molecule has 0 saturated carbocycles. The van der Waals surface area contributed by atoms with Crippen LogP contribution in [-0.2, 0) is 0 Å². The lowest BCUT2D eigenvalue weighted by molar-refractivity contribution is 0.0926. The predicted molar refractivity (Wildman–Crippen MR) is 73.4 cm³/mol. The molecule has 0 spiro atoms. The number of phenols is 1. The van der Waals surface area contributed by atoms with E-state index in [2.05, 4.69) is 15.9 Å². The molecule has 2 aromatic rings. The molecule has 19 heavy (non-hydrogen) atoms. The average Bonchev–Trinajstić information content (AvgIpc) is 2.61. The summed E-state index contributed by atoms with van der Waals surface area (Å²) in [6.45, 7) is 0. The molecule has 2 aromatic carbocycles. The molecular weight excluding hydrogens is 310 g/mol. The average molecular weight is 318 g/mol. The Kier molecular flexibility index (Phi) is 2.64. The number of hydrogen-bond donors (Lipinski definition) is 1. The molecule has 1 aliphatic heterocycles. The van der Waals surface area contributed by atoms with Crippen molar-refractivity contribution in [3.05, 3.63) is 58.1 Å². The number of fused-ring (bicyclic) bond motifs is 1. The molecule has 0 aliphatic carbocycles. The minimum absolute atomic E-state index is 0.00948. The van der Waals surface area contributed by atoms with Gasteiger partial charge in [0.2, 0.25) is 0 Å². The number of carbonyl (C=O) groups excluding carboxylic acids is 2. The molecular formula is C14H8BrNO3. The van der Waals surface area contributed by atoms with E-state index in [1.165, 1.54) is 12.1 Å². The molecule has 1 heterocycles. The van der Waals surface area contributed by atoms with Crippen LogP contribution in [0, 0.1) is 0 Å². The van der Waals surface area contributed by atoms with E-state index in [9.17, 15) is 14.7 Å². The van der Waals surface area contributed by atoms with Crippen molar-refractivity contribution in [2.24, 2.45) is 0 Å². The van der Waals surface area contributed by atoms with Gasteiger partial charge in [-0.1, -0.05) is 22.0 Å². The number of imide groups is 1. The molecule has 94 valence electrons. The molecule has 0 aromatic heterocycles. The molecule has 1 aliphatic rings. The lowest BCUT2D eigenvalue weighted by atomic mass is 10.1. The lowest BCUT2D eigenvalue weighted by Gasteiger charge is -2.13. The Bertz CT molecular complexity index is 712. The maximum atomic E-state index is 12.3. The molecule has 0 bridgehead atoms. The fraction of sp³-hybridized carbons (Fsp3) is 0. The van der Waals surface area contributed by atoms with Crippen LogP contribution in [0.4, 0.5) is 5.69 Å². The zero-order valence-corrected chi connectivity index (χ0v) is 11.2. The number of benzene rings is 2. The molecule has 3 rings (SSSR count). The molecule has 0 unspecified atom stereocenters. The summed E-state index contributed by atoms with van der Waals surface area (Å²) in [7, 11) is 0. The van der Waals surface area contributed by atoms with Gasteiger partial charge in [-0.25, -0.2) is 4.90 Å². The highest BCUT2D eigenvalue weighted by atomic mass is 79.9. The fourth-order valence-corrected chi connectivity index (χ4v) is 2.44. The van der Waals surface area contributed by atoms with E-state index in [1.807, 2.05) is 0 Å². The van der Waals surface area contributed by atoms with Gasteiger partial charge in [-0.2, -0.15) is 0 Å². The normalized spacial score (nSPS) is 13.8. The quantitative estimate of drug-likeness (QED) is 0.823. The summed E-state index contributed by atoms with van der Waals surface area (Å²) in [6.07, 6.45) is 0. The van der Waals surface area contributed by atoms with Crippen molar-refractivity contribution in [1.29, 1.82) is 0 Å². The Labute approximate surface area is 117 Å². The van der Waals surface area contributed by atoms with Gasteiger partial charge in [0.25, 0.3) is 11.8 Å². The van der Waals surface area contributed by atoms with Crippen molar-refractivity contribution < 1.29 is 14.7 Å². The second kappa shape index (κ2) is 4.20. The second-order valence-corrected chi connectivity index (χ2v) is 5.07. The summed E-state index contributed by atoms with van der Waals surface area (Å²) < 4.78 is 0.741. The Morgan fingerprint density at radius 1 is 0.947 bits per heavy atom. The molecule has 2 amide bonds. The van der Waals surface area contributed by atoms with Crippen molar-refractivity contribution >= 4 is 33.4 Å². The topological polar surface area (TPSA) is 57.6 Å². The van der Waals surface area contributed by atoms with Crippen LogP contribution in [0.2, 0.25) is 0 Å². The molecule has 4 nitrogen and oxygen atoms in total. The van der Waals surface area contributed by atoms with Gasteiger partial charge in [0.05, 0.1) is 16.8 Å². The standard InChI is InChI=1S/C14H8BrNO3/c15-8-4-5-11-12(6-8)14(19)16(13(11)18)9-2-1-3-10(17)7-9/h1-7,17H. The Hall–Kier alpha value is -2.14. The van der Waals surface area contributed by atoms with E-state index in [4.69, 9.17) is 0 Å². The van der Waals surface area contributed by atoms with Crippen molar-refractivity contribution in [3.63, 3.8) is 0 Å². The lowest BCUT2D eigenvalue weighted by Crippen LogP contribution is -2.29. The van der Waals surface area contributed by atoms with Crippen LogP contribution in [0.1, 0.15) is 20.7 Å². The van der Waals surface area contributed by atoms with Crippen molar-refractivity contribution in [2.75, 3.05) is 4.90 Å². The Morgan fingerprint density at radius 2 is 1.68 bits per heavy atom. The molecule has 0 fully saturated rings. The Morgan fingerprint density at radius 3 is 2.42 bits per heavy atom. The highest BCUT2D eigenvalue weighted by Crippen LogP contribution is 2.31. The third kappa shape index (κ3) is 1.82. The number of halogens is 1. The van der Waals surface area contributed by atoms with E-state index in [0.29, 0.717) is 16.8 Å². The van der Waals surface area contributed by atoms with Crippen molar-refractivity contribution in [3.8, 4) is 5.75 Å².